The number of aromatic amines is 1. The van der Waals surface area contributed by atoms with Gasteiger partial charge < -0.3 is 19.7 Å². The van der Waals surface area contributed by atoms with Gasteiger partial charge in [0, 0.05) is 30.1 Å². The molecule has 31 heavy (non-hydrogen) atoms. The molecule has 0 bridgehead atoms. The smallest absolute Gasteiger partial charge is 0.252 e. The number of hydrogen-bond acceptors (Lipinski definition) is 8. The molecule has 5 rings (SSSR count). The first-order chi connectivity index (χ1) is 15.2. The number of aromatic nitrogens is 4. The average Bonchev–Trinajstić information content (AvgIpc) is 2.79. The summed E-state index contributed by atoms with van der Waals surface area (Å²) in [5.41, 5.74) is 2.57. The van der Waals surface area contributed by atoms with Gasteiger partial charge in [-0.2, -0.15) is 4.98 Å². The van der Waals surface area contributed by atoms with Crippen molar-refractivity contribution in [3.05, 3.63) is 52.4 Å². The van der Waals surface area contributed by atoms with Gasteiger partial charge in [0.05, 0.1) is 31.4 Å². The van der Waals surface area contributed by atoms with Crippen LogP contribution < -0.4 is 20.5 Å². The summed E-state index contributed by atoms with van der Waals surface area (Å²) in [6.07, 6.45) is 3.35. The second kappa shape index (κ2) is 8.35. The van der Waals surface area contributed by atoms with Crippen molar-refractivity contribution in [2.24, 2.45) is 0 Å². The van der Waals surface area contributed by atoms with Crippen LogP contribution in [-0.2, 0) is 11.2 Å². The van der Waals surface area contributed by atoms with Crippen molar-refractivity contribution in [3.63, 3.8) is 0 Å². The molecule has 4 heterocycles. The fourth-order valence-electron chi connectivity index (χ4n) is 3.89. The molecule has 9 nitrogen and oxygen atoms in total. The highest BCUT2D eigenvalue weighted by Gasteiger charge is 2.28. The molecule has 0 amide bonds. The number of fused-ring (bicyclic) bond motifs is 1. The summed E-state index contributed by atoms with van der Waals surface area (Å²) in [5, 5.41) is 3.09. The minimum absolute atomic E-state index is 0.207. The van der Waals surface area contributed by atoms with Gasteiger partial charge in [0.1, 0.15) is 5.82 Å². The van der Waals surface area contributed by atoms with E-state index < -0.39 is 0 Å². The van der Waals surface area contributed by atoms with Crippen LogP contribution >= 0.6 is 0 Å². The Morgan fingerprint density at radius 1 is 1.16 bits per heavy atom. The van der Waals surface area contributed by atoms with Crippen molar-refractivity contribution >= 4 is 17.5 Å². The molecule has 0 unspecified atom stereocenters. The van der Waals surface area contributed by atoms with E-state index in [0.29, 0.717) is 37.5 Å². The molecule has 0 aliphatic carbocycles. The van der Waals surface area contributed by atoms with Gasteiger partial charge in [0.15, 0.2) is 5.82 Å². The van der Waals surface area contributed by atoms with Crippen LogP contribution in [0, 0.1) is 0 Å². The Bertz CT molecular complexity index is 1130. The number of hydrogen-bond donors (Lipinski definition) is 2. The molecule has 1 aromatic carbocycles. The van der Waals surface area contributed by atoms with E-state index >= 15 is 0 Å². The van der Waals surface area contributed by atoms with Gasteiger partial charge >= 0.3 is 0 Å². The van der Waals surface area contributed by atoms with Crippen molar-refractivity contribution in [2.75, 3.05) is 36.6 Å². The predicted molar refractivity (Wildman–Crippen MR) is 117 cm³/mol. The minimum Gasteiger partial charge on any atom is -0.477 e. The maximum absolute atomic E-state index is 11.4. The van der Waals surface area contributed by atoms with E-state index in [1.807, 2.05) is 24.3 Å². The Morgan fingerprint density at radius 3 is 2.84 bits per heavy atom. The Balaban J connectivity index is 1.47. The third kappa shape index (κ3) is 4.09. The maximum Gasteiger partial charge on any atom is 0.252 e. The number of ether oxygens (including phenoxy) is 2. The maximum atomic E-state index is 11.4. The summed E-state index contributed by atoms with van der Waals surface area (Å²) in [7, 11) is 0. The summed E-state index contributed by atoms with van der Waals surface area (Å²) < 4.78 is 11.5. The number of morpholine rings is 1. The number of H-pyrrole nitrogens is 1. The summed E-state index contributed by atoms with van der Waals surface area (Å²) in [6, 6.07) is 9.32. The van der Waals surface area contributed by atoms with Gasteiger partial charge in [0.25, 0.3) is 5.56 Å². The molecule has 1 atom stereocenters. The Morgan fingerprint density at radius 2 is 2.03 bits per heavy atom. The zero-order chi connectivity index (χ0) is 21.2. The van der Waals surface area contributed by atoms with E-state index in [1.165, 1.54) is 12.3 Å². The van der Waals surface area contributed by atoms with Crippen molar-refractivity contribution in [1.29, 1.82) is 0 Å². The number of anilines is 3. The Kier molecular flexibility index (Phi) is 5.25. The van der Waals surface area contributed by atoms with Crippen LogP contribution in [0.5, 0.6) is 5.88 Å². The van der Waals surface area contributed by atoms with Crippen LogP contribution in [0.4, 0.5) is 17.5 Å². The van der Waals surface area contributed by atoms with Crippen molar-refractivity contribution in [2.45, 2.75) is 25.8 Å². The van der Waals surface area contributed by atoms with E-state index in [9.17, 15) is 4.79 Å². The SMILES string of the molecule is C[C@H]1COCCN1c1nc(-c2ccc(Nc3nccc(=O)[nH]3)cc2)nc2c1CCCO2. The molecular weight excluding hydrogens is 396 g/mol. The Labute approximate surface area is 179 Å². The molecule has 2 aliphatic rings. The molecule has 160 valence electrons. The lowest BCUT2D eigenvalue weighted by atomic mass is 10.1. The first-order valence-corrected chi connectivity index (χ1v) is 10.5. The predicted octanol–water partition coefficient (Wildman–Crippen LogP) is 2.52. The summed E-state index contributed by atoms with van der Waals surface area (Å²) in [4.78, 5) is 30.2. The van der Waals surface area contributed by atoms with Crippen LogP contribution in [0.25, 0.3) is 11.4 Å². The number of benzene rings is 1. The van der Waals surface area contributed by atoms with Crippen molar-refractivity contribution in [1.82, 2.24) is 19.9 Å². The van der Waals surface area contributed by atoms with Crippen molar-refractivity contribution in [3.8, 4) is 17.3 Å². The minimum atomic E-state index is -0.207. The van der Waals surface area contributed by atoms with E-state index in [2.05, 4.69) is 27.1 Å². The van der Waals surface area contributed by atoms with Crippen LogP contribution in [-0.4, -0.2) is 52.3 Å². The second-order valence-corrected chi connectivity index (χ2v) is 7.71. The van der Waals surface area contributed by atoms with Crippen LogP contribution in [0.2, 0.25) is 0 Å². The molecule has 2 aliphatic heterocycles. The monoisotopic (exact) mass is 420 g/mol. The fourth-order valence-corrected chi connectivity index (χ4v) is 3.89. The molecule has 0 saturated carbocycles. The normalized spacial score (nSPS) is 18.2. The lowest BCUT2D eigenvalue weighted by Crippen LogP contribution is -2.45. The van der Waals surface area contributed by atoms with Crippen LogP contribution in [0.15, 0.2) is 41.3 Å². The third-order valence-electron chi connectivity index (χ3n) is 5.47. The van der Waals surface area contributed by atoms with Gasteiger partial charge in [0.2, 0.25) is 11.8 Å². The lowest BCUT2D eigenvalue weighted by Gasteiger charge is -2.36. The van der Waals surface area contributed by atoms with E-state index in [1.54, 1.807) is 0 Å². The highest BCUT2D eigenvalue weighted by atomic mass is 16.5. The van der Waals surface area contributed by atoms with Crippen molar-refractivity contribution < 1.29 is 9.47 Å². The standard InChI is InChI=1S/C22H24N6O3/c1-14-13-30-12-10-28(14)20-17-3-2-11-31-21(17)27-19(26-20)15-4-6-16(7-5-15)24-22-23-9-8-18(29)25-22/h4-9,14H,2-3,10-13H2,1H3,(H2,23,24,25,29)/t14-/m0/s1. The molecule has 3 aromatic rings. The van der Waals surface area contributed by atoms with Gasteiger partial charge in [-0.3, -0.25) is 9.78 Å². The average molecular weight is 420 g/mol. The number of nitrogens with one attached hydrogen (secondary N) is 2. The largest absolute Gasteiger partial charge is 0.477 e. The summed E-state index contributed by atoms with van der Waals surface area (Å²) >= 11 is 0. The molecule has 0 radical (unpaired) electrons. The Hall–Kier alpha value is -3.46. The van der Waals surface area contributed by atoms with Crippen LogP contribution in [0.3, 0.4) is 0 Å². The number of rotatable bonds is 4. The van der Waals surface area contributed by atoms with Gasteiger partial charge in [-0.25, -0.2) is 9.97 Å². The second-order valence-electron chi connectivity index (χ2n) is 7.71. The first kappa shape index (κ1) is 19.5. The molecule has 2 aromatic heterocycles. The highest BCUT2D eigenvalue weighted by molar-refractivity contribution is 5.66. The quantitative estimate of drug-likeness (QED) is 0.663. The first-order valence-electron chi connectivity index (χ1n) is 10.5. The number of nitrogens with zero attached hydrogens (tertiary/aromatic N) is 4. The molecule has 9 heteroatoms. The molecule has 1 fully saturated rings. The lowest BCUT2D eigenvalue weighted by molar-refractivity contribution is 0.0983. The topological polar surface area (TPSA) is 105 Å². The van der Waals surface area contributed by atoms with Gasteiger partial charge in [-0.1, -0.05) is 0 Å². The molecule has 2 N–H and O–H groups in total. The van der Waals surface area contributed by atoms with E-state index in [4.69, 9.17) is 19.4 Å². The van der Waals surface area contributed by atoms with Gasteiger partial charge in [-0.15, -0.1) is 0 Å². The fraction of sp³-hybridized carbons (Fsp3) is 0.364. The third-order valence-corrected chi connectivity index (χ3v) is 5.47. The molecule has 1 saturated heterocycles. The zero-order valence-electron chi connectivity index (χ0n) is 17.3. The molecular formula is C22H24N6O3. The zero-order valence-corrected chi connectivity index (χ0v) is 17.3. The summed E-state index contributed by atoms with van der Waals surface area (Å²) in [5.74, 6) is 2.65. The van der Waals surface area contributed by atoms with E-state index in [-0.39, 0.29) is 11.6 Å². The van der Waals surface area contributed by atoms with E-state index in [0.717, 1.165) is 42.0 Å². The van der Waals surface area contributed by atoms with Gasteiger partial charge in [-0.05, 0) is 44.0 Å². The highest BCUT2D eigenvalue weighted by Crippen LogP contribution is 2.34. The summed E-state index contributed by atoms with van der Waals surface area (Å²) in [6.45, 7) is 5.00. The van der Waals surface area contributed by atoms with Crippen LogP contribution in [0.1, 0.15) is 18.9 Å². The molecule has 0 spiro atoms.